The number of ether oxygens (including phenoxy) is 2. The second kappa shape index (κ2) is 7.92. The Bertz CT molecular complexity index is 680. The lowest BCUT2D eigenvalue weighted by atomic mass is 10.0. The Morgan fingerprint density at radius 1 is 1.46 bits per heavy atom. The van der Waals surface area contributed by atoms with Crippen molar-refractivity contribution in [2.75, 3.05) is 25.1 Å². The van der Waals surface area contributed by atoms with Gasteiger partial charge >= 0.3 is 0 Å². The third-order valence-electron chi connectivity index (χ3n) is 3.97. The minimum atomic E-state index is -0.253. The van der Waals surface area contributed by atoms with E-state index < -0.39 is 0 Å². The van der Waals surface area contributed by atoms with Crippen LogP contribution in [0.25, 0.3) is 0 Å². The zero-order valence-corrected chi connectivity index (χ0v) is 13.8. The van der Waals surface area contributed by atoms with Gasteiger partial charge in [-0.15, -0.1) is 0 Å². The highest BCUT2D eigenvalue weighted by Gasteiger charge is 2.16. The Labute approximate surface area is 141 Å². The second-order valence-corrected chi connectivity index (χ2v) is 5.75. The summed E-state index contributed by atoms with van der Waals surface area (Å²) < 4.78 is 12.6. The molecule has 1 saturated heterocycles. The normalized spacial score (nSPS) is 15.2. The van der Waals surface area contributed by atoms with Crippen LogP contribution in [-0.2, 0) is 11.3 Å². The molecule has 1 amide bonds. The highest BCUT2D eigenvalue weighted by atomic mass is 16.5. The molecule has 1 N–H and O–H groups in total. The van der Waals surface area contributed by atoms with Crippen LogP contribution in [0.2, 0.25) is 0 Å². The van der Waals surface area contributed by atoms with Crippen LogP contribution >= 0.6 is 0 Å². The average Bonchev–Trinajstić information content (AvgIpc) is 3.03. The molecule has 7 nitrogen and oxygen atoms in total. The monoisotopic (exact) mass is 330 g/mol. The summed E-state index contributed by atoms with van der Waals surface area (Å²) in [4.78, 5) is 16.5. The molecule has 24 heavy (non-hydrogen) atoms. The Hall–Kier alpha value is -2.41. The molecular formula is C17H22N4O3. The highest BCUT2D eigenvalue weighted by Crippen LogP contribution is 2.19. The molecule has 2 aromatic rings. The van der Waals surface area contributed by atoms with Crippen LogP contribution in [0.5, 0.6) is 5.88 Å². The third kappa shape index (κ3) is 4.11. The zero-order valence-electron chi connectivity index (χ0n) is 13.8. The summed E-state index contributed by atoms with van der Waals surface area (Å²) in [6, 6.07) is 3.41. The highest BCUT2D eigenvalue weighted by molar-refractivity contribution is 6.05. The predicted molar refractivity (Wildman–Crippen MR) is 89.1 cm³/mol. The molecule has 0 radical (unpaired) electrons. The molecule has 1 aliphatic heterocycles. The number of hydrogen-bond acceptors (Lipinski definition) is 5. The Balaban J connectivity index is 1.63. The van der Waals surface area contributed by atoms with Gasteiger partial charge in [-0.1, -0.05) is 0 Å². The van der Waals surface area contributed by atoms with E-state index in [4.69, 9.17) is 9.47 Å². The maximum Gasteiger partial charge on any atom is 0.261 e. The van der Waals surface area contributed by atoms with Crippen LogP contribution in [0, 0.1) is 5.92 Å². The van der Waals surface area contributed by atoms with Crippen molar-refractivity contribution in [2.24, 2.45) is 5.92 Å². The maximum absolute atomic E-state index is 12.4. The van der Waals surface area contributed by atoms with Crippen LogP contribution in [-0.4, -0.2) is 40.5 Å². The zero-order chi connectivity index (χ0) is 16.8. The van der Waals surface area contributed by atoms with Crippen molar-refractivity contribution in [1.29, 1.82) is 0 Å². The number of rotatable bonds is 6. The fourth-order valence-electron chi connectivity index (χ4n) is 2.74. The molecule has 0 aromatic carbocycles. The van der Waals surface area contributed by atoms with Crippen molar-refractivity contribution >= 4 is 11.6 Å². The number of nitrogens with one attached hydrogen (secondary N) is 1. The lowest BCUT2D eigenvalue weighted by molar-refractivity contribution is 0.0601. The fraction of sp³-hybridized carbons (Fsp3) is 0.471. The van der Waals surface area contributed by atoms with Crippen LogP contribution in [0.15, 0.2) is 30.7 Å². The van der Waals surface area contributed by atoms with E-state index in [1.807, 2.05) is 17.8 Å². The molecule has 0 unspecified atom stereocenters. The van der Waals surface area contributed by atoms with Crippen molar-refractivity contribution in [3.05, 3.63) is 36.3 Å². The van der Waals surface area contributed by atoms with E-state index in [2.05, 4.69) is 15.4 Å². The van der Waals surface area contributed by atoms with Crippen molar-refractivity contribution in [3.8, 4) is 5.88 Å². The molecule has 0 bridgehead atoms. The van der Waals surface area contributed by atoms with Gasteiger partial charge in [0, 0.05) is 32.2 Å². The third-order valence-corrected chi connectivity index (χ3v) is 3.97. The predicted octanol–water partition coefficient (Wildman–Crippen LogP) is 2.36. The van der Waals surface area contributed by atoms with Gasteiger partial charge in [0.05, 0.1) is 18.5 Å². The average molecular weight is 330 g/mol. The molecule has 0 atom stereocenters. The number of anilines is 1. The molecule has 3 heterocycles. The Morgan fingerprint density at radius 2 is 2.29 bits per heavy atom. The number of nitrogens with zero attached hydrogens (tertiary/aromatic N) is 3. The Morgan fingerprint density at radius 3 is 3.08 bits per heavy atom. The molecule has 0 saturated carbocycles. The lowest BCUT2D eigenvalue weighted by Crippen LogP contribution is -2.20. The van der Waals surface area contributed by atoms with Gasteiger partial charge in [0.15, 0.2) is 0 Å². The van der Waals surface area contributed by atoms with Gasteiger partial charge in [0.1, 0.15) is 5.56 Å². The molecule has 128 valence electrons. The first-order valence-electron chi connectivity index (χ1n) is 8.25. The molecule has 3 rings (SSSR count). The molecule has 1 fully saturated rings. The van der Waals surface area contributed by atoms with E-state index >= 15 is 0 Å². The van der Waals surface area contributed by atoms with E-state index in [0.29, 0.717) is 29.7 Å². The second-order valence-electron chi connectivity index (χ2n) is 5.75. The number of aromatic nitrogens is 3. The Kier molecular flexibility index (Phi) is 5.43. The van der Waals surface area contributed by atoms with Gasteiger partial charge in [-0.3, -0.25) is 9.48 Å². The molecule has 1 aliphatic rings. The van der Waals surface area contributed by atoms with Crippen molar-refractivity contribution < 1.29 is 14.3 Å². The largest absolute Gasteiger partial charge is 0.477 e. The first-order valence-corrected chi connectivity index (χ1v) is 8.25. The maximum atomic E-state index is 12.4. The SMILES string of the molecule is CCOc1ncccc1C(=O)Nc1cnn(CC2CCOCC2)c1. The molecule has 7 heteroatoms. The number of hydrogen-bond donors (Lipinski definition) is 1. The molecular weight excluding hydrogens is 308 g/mol. The van der Waals surface area contributed by atoms with E-state index in [0.717, 1.165) is 32.6 Å². The van der Waals surface area contributed by atoms with Crippen molar-refractivity contribution in [3.63, 3.8) is 0 Å². The molecule has 0 spiro atoms. The topological polar surface area (TPSA) is 78.3 Å². The van der Waals surface area contributed by atoms with Crippen molar-refractivity contribution in [2.45, 2.75) is 26.3 Å². The van der Waals surface area contributed by atoms with Crippen LogP contribution in [0.1, 0.15) is 30.1 Å². The molecule has 2 aromatic heterocycles. The lowest BCUT2D eigenvalue weighted by Gasteiger charge is -2.21. The summed E-state index contributed by atoms with van der Waals surface area (Å²) in [6.07, 6.45) is 7.22. The number of pyridine rings is 1. The molecule has 0 aliphatic carbocycles. The minimum absolute atomic E-state index is 0.253. The summed E-state index contributed by atoms with van der Waals surface area (Å²) in [7, 11) is 0. The fourth-order valence-corrected chi connectivity index (χ4v) is 2.74. The first kappa shape index (κ1) is 16.4. The van der Waals surface area contributed by atoms with Crippen molar-refractivity contribution in [1.82, 2.24) is 14.8 Å². The van der Waals surface area contributed by atoms with Gasteiger partial charge in [0.2, 0.25) is 5.88 Å². The summed E-state index contributed by atoms with van der Waals surface area (Å²) in [5.41, 5.74) is 1.08. The van der Waals surface area contributed by atoms with E-state index in [9.17, 15) is 4.79 Å². The van der Waals surface area contributed by atoms with Gasteiger partial charge in [0.25, 0.3) is 5.91 Å². The standard InChI is InChI=1S/C17H22N4O3/c1-2-24-17-15(4-3-7-18-17)16(22)20-14-10-19-21(12-14)11-13-5-8-23-9-6-13/h3-4,7,10,12-13H,2,5-6,8-9,11H2,1H3,(H,20,22). The van der Waals surface area contributed by atoms with E-state index in [1.165, 1.54) is 0 Å². The smallest absolute Gasteiger partial charge is 0.261 e. The van der Waals surface area contributed by atoms with Gasteiger partial charge in [-0.05, 0) is 37.8 Å². The first-order chi connectivity index (χ1) is 11.8. The summed E-state index contributed by atoms with van der Waals surface area (Å²) >= 11 is 0. The van der Waals surface area contributed by atoms with Gasteiger partial charge in [-0.25, -0.2) is 4.98 Å². The van der Waals surface area contributed by atoms with E-state index in [1.54, 1.807) is 24.5 Å². The number of amides is 1. The summed E-state index contributed by atoms with van der Waals surface area (Å²) in [5, 5.41) is 7.18. The van der Waals surface area contributed by atoms with Crippen LogP contribution in [0.4, 0.5) is 5.69 Å². The van der Waals surface area contributed by atoms with Gasteiger partial charge in [-0.2, -0.15) is 5.10 Å². The van der Waals surface area contributed by atoms with Crippen LogP contribution in [0.3, 0.4) is 0 Å². The number of carbonyl (C=O) groups is 1. The van der Waals surface area contributed by atoms with Gasteiger partial charge < -0.3 is 14.8 Å². The van der Waals surface area contributed by atoms with E-state index in [-0.39, 0.29) is 5.91 Å². The number of carbonyl (C=O) groups excluding carboxylic acids is 1. The minimum Gasteiger partial charge on any atom is -0.477 e. The quantitative estimate of drug-likeness (QED) is 0.879. The summed E-state index contributed by atoms with van der Waals surface area (Å²) in [6.45, 7) is 4.79. The summed E-state index contributed by atoms with van der Waals surface area (Å²) in [5.74, 6) is 0.661. The van der Waals surface area contributed by atoms with Crippen LogP contribution < -0.4 is 10.1 Å².